The third-order valence-corrected chi connectivity index (χ3v) is 12.2. The Hall–Kier alpha value is -3.19. The molecule has 3 aliphatic rings. The monoisotopic (exact) mass is 788 g/mol. The van der Waals surface area contributed by atoms with Crippen LogP contribution in [0.25, 0.3) is 0 Å². The van der Waals surface area contributed by atoms with Crippen LogP contribution in [0.5, 0.6) is 0 Å². The standard InChI is InChI=1S/C24H32N2O.C14H21N.C8H16O.C3H5ClO/c1-3-24(27)26(23-14-8-5-9-15-23)20(2)22-13-10-17-25(19-22)18-16-21-11-6-4-7-12-21;1-12(13-8-4-2-5-9-13)15-14-10-6-3-7-11-14;1-7(9)8-5-3-2-4-6-8;1-2-3(4)5/h4-9,11-12,14-15,20,22H,3,10,13,16-19H2,1-2H3;3,6-7,10-13,15H,2,4-5,8-9H2,1H3;7-9H,2-6H2,1H3;2H2,1H3. The summed E-state index contributed by atoms with van der Waals surface area (Å²) in [6.07, 6.45) is 18.0. The van der Waals surface area contributed by atoms with E-state index in [1.165, 1.54) is 94.8 Å². The van der Waals surface area contributed by atoms with Crippen LogP contribution in [0.15, 0.2) is 91.0 Å². The van der Waals surface area contributed by atoms with Crippen molar-refractivity contribution in [2.45, 2.75) is 149 Å². The average molecular weight is 789 g/mol. The lowest BCUT2D eigenvalue weighted by molar-refractivity contribution is -0.119. The third kappa shape index (κ3) is 17.9. The number of aliphatic hydroxyl groups is 1. The first-order chi connectivity index (χ1) is 27.1. The number of rotatable bonds is 12. The summed E-state index contributed by atoms with van der Waals surface area (Å²) in [6, 6.07) is 32.3. The van der Waals surface area contributed by atoms with Crippen molar-refractivity contribution in [3.63, 3.8) is 0 Å². The van der Waals surface area contributed by atoms with E-state index >= 15 is 0 Å². The molecule has 1 aliphatic heterocycles. The lowest BCUT2D eigenvalue weighted by Crippen LogP contribution is -2.49. The molecule has 2 saturated carbocycles. The zero-order chi connectivity index (χ0) is 40.5. The van der Waals surface area contributed by atoms with Crippen LogP contribution in [0.4, 0.5) is 11.4 Å². The van der Waals surface area contributed by atoms with E-state index < -0.39 is 0 Å². The van der Waals surface area contributed by atoms with Gasteiger partial charge in [-0.15, -0.1) is 0 Å². The fraction of sp³-hybridized carbons (Fsp3) is 0.592. The maximum absolute atomic E-state index is 12.7. The number of para-hydroxylation sites is 2. The molecule has 3 aromatic rings. The molecule has 4 atom stereocenters. The molecule has 1 saturated heterocycles. The minimum absolute atomic E-state index is 0.0645. The highest BCUT2D eigenvalue weighted by Gasteiger charge is 2.31. The topological polar surface area (TPSA) is 72.9 Å². The lowest BCUT2D eigenvalue weighted by atomic mass is 9.84. The number of aliphatic hydroxyl groups excluding tert-OH is 1. The second-order valence-electron chi connectivity index (χ2n) is 16.2. The molecular formula is C49H74ClN3O3. The van der Waals surface area contributed by atoms with Gasteiger partial charge < -0.3 is 20.2 Å². The van der Waals surface area contributed by atoms with Crippen LogP contribution >= 0.6 is 11.6 Å². The lowest BCUT2D eigenvalue weighted by Gasteiger charge is -2.40. The van der Waals surface area contributed by atoms with Crippen molar-refractivity contribution in [3.8, 4) is 0 Å². The Morgan fingerprint density at radius 3 is 1.71 bits per heavy atom. The summed E-state index contributed by atoms with van der Waals surface area (Å²) in [5.74, 6) is 2.22. The first-order valence-electron chi connectivity index (χ1n) is 21.9. The van der Waals surface area contributed by atoms with Gasteiger partial charge in [0.1, 0.15) is 0 Å². The molecule has 0 aromatic heterocycles. The van der Waals surface area contributed by atoms with E-state index in [4.69, 9.17) is 11.6 Å². The molecule has 6 nitrogen and oxygen atoms in total. The molecule has 7 heteroatoms. The highest BCUT2D eigenvalue weighted by molar-refractivity contribution is 6.63. The van der Waals surface area contributed by atoms with Crippen LogP contribution in [0.1, 0.15) is 130 Å². The second-order valence-corrected chi connectivity index (χ2v) is 16.6. The van der Waals surface area contributed by atoms with Crippen LogP contribution < -0.4 is 10.2 Å². The minimum Gasteiger partial charge on any atom is -0.393 e. The fourth-order valence-electron chi connectivity index (χ4n) is 8.36. The summed E-state index contributed by atoms with van der Waals surface area (Å²) in [7, 11) is 0. The zero-order valence-electron chi connectivity index (χ0n) is 35.4. The molecule has 2 aliphatic carbocycles. The van der Waals surface area contributed by atoms with Crippen LogP contribution in [0.3, 0.4) is 0 Å². The van der Waals surface area contributed by atoms with Crippen LogP contribution in [-0.2, 0) is 16.0 Å². The van der Waals surface area contributed by atoms with E-state index in [0.717, 1.165) is 31.1 Å². The van der Waals surface area contributed by atoms with Crippen LogP contribution in [0.2, 0.25) is 0 Å². The number of halogens is 1. The molecule has 4 unspecified atom stereocenters. The highest BCUT2D eigenvalue weighted by Crippen LogP contribution is 2.29. The molecule has 0 bridgehead atoms. The zero-order valence-corrected chi connectivity index (χ0v) is 36.1. The van der Waals surface area contributed by atoms with Gasteiger partial charge in [-0.05, 0) is 131 Å². The maximum atomic E-state index is 12.7. The van der Waals surface area contributed by atoms with Gasteiger partial charge in [-0.1, -0.05) is 119 Å². The maximum Gasteiger partial charge on any atom is 0.226 e. The van der Waals surface area contributed by atoms with Gasteiger partial charge in [-0.25, -0.2) is 0 Å². The van der Waals surface area contributed by atoms with Crippen molar-refractivity contribution in [2.24, 2.45) is 17.8 Å². The van der Waals surface area contributed by atoms with Gasteiger partial charge in [-0.3, -0.25) is 9.59 Å². The van der Waals surface area contributed by atoms with Gasteiger partial charge in [0.05, 0.1) is 6.10 Å². The summed E-state index contributed by atoms with van der Waals surface area (Å²) in [5, 5.41) is 12.5. The van der Waals surface area contributed by atoms with E-state index in [1.807, 2.05) is 36.9 Å². The number of nitrogens with zero attached hydrogens (tertiary/aromatic N) is 2. The molecular weight excluding hydrogens is 714 g/mol. The number of benzene rings is 3. The third-order valence-electron chi connectivity index (χ3n) is 11.9. The number of hydrogen-bond acceptors (Lipinski definition) is 5. The Morgan fingerprint density at radius 2 is 1.21 bits per heavy atom. The van der Waals surface area contributed by atoms with Crippen LogP contribution in [-0.4, -0.2) is 59.0 Å². The predicted octanol–water partition coefficient (Wildman–Crippen LogP) is 11.9. The van der Waals surface area contributed by atoms with E-state index in [9.17, 15) is 14.7 Å². The van der Waals surface area contributed by atoms with E-state index in [-0.39, 0.29) is 23.3 Å². The molecule has 2 N–H and O–H groups in total. The molecule has 56 heavy (non-hydrogen) atoms. The van der Waals surface area contributed by atoms with Crippen molar-refractivity contribution in [1.82, 2.24) is 4.90 Å². The molecule has 3 aromatic carbocycles. The molecule has 0 spiro atoms. The van der Waals surface area contributed by atoms with E-state index in [2.05, 4.69) is 96.9 Å². The number of carbonyl (C=O) groups excluding carboxylic acids is 2. The molecule has 6 rings (SSSR count). The molecule has 310 valence electrons. The van der Waals surface area contributed by atoms with Gasteiger partial charge in [0.15, 0.2) is 0 Å². The van der Waals surface area contributed by atoms with Crippen molar-refractivity contribution in [3.05, 3.63) is 96.6 Å². The van der Waals surface area contributed by atoms with Gasteiger partial charge >= 0.3 is 0 Å². The molecule has 0 radical (unpaired) electrons. The number of hydrogen-bond donors (Lipinski definition) is 2. The number of nitrogens with one attached hydrogen (secondary N) is 1. The average Bonchev–Trinajstić information content (AvgIpc) is 3.25. The van der Waals surface area contributed by atoms with Gasteiger partial charge in [0, 0.05) is 49.4 Å². The van der Waals surface area contributed by atoms with Crippen molar-refractivity contribution < 1.29 is 14.7 Å². The Bertz CT molecular complexity index is 1450. The number of carbonyl (C=O) groups is 2. The Balaban J connectivity index is 0.000000241. The van der Waals surface area contributed by atoms with Crippen molar-refractivity contribution >= 4 is 34.1 Å². The van der Waals surface area contributed by atoms with Crippen LogP contribution in [0, 0.1) is 17.8 Å². The summed E-state index contributed by atoms with van der Waals surface area (Å²) in [6.45, 7) is 13.5. The molecule has 1 heterocycles. The normalized spacial score (nSPS) is 19.2. The first-order valence-corrected chi connectivity index (χ1v) is 22.3. The minimum atomic E-state index is -0.273. The van der Waals surface area contributed by atoms with E-state index in [0.29, 0.717) is 30.7 Å². The number of likely N-dealkylation sites (tertiary alicyclic amines) is 1. The van der Waals surface area contributed by atoms with Gasteiger partial charge in [0.2, 0.25) is 11.1 Å². The number of piperidine rings is 1. The van der Waals surface area contributed by atoms with Gasteiger partial charge in [-0.2, -0.15) is 0 Å². The van der Waals surface area contributed by atoms with E-state index in [1.54, 1.807) is 6.92 Å². The second kappa shape index (κ2) is 27.4. The quantitative estimate of drug-likeness (QED) is 0.179. The summed E-state index contributed by atoms with van der Waals surface area (Å²) < 4.78 is 0. The van der Waals surface area contributed by atoms with Gasteiger partial charge in [0.25, 0.3) is 0 Å². The summed E-state index contributed by atoms with van der Waals surface area (Å²) in [4.78, 5) is 26.9. The Kier molecular flexibility index (Phi) is 23.1. The Labute approximate surface area is 345 Å². The fourth-order valence-corrected chi connectivity index (χ4v) is 8.36. The SMILES string of the molecule is CC(Nc1ccccc1)C1CCCCC1.CC(O)C1CCCCC1.CCC(=O)Cl.CCC(=O)N(c1ccccc1)C(C)C1CCCN(CCc2ccccc2)C1. The summed E-state index contributed by atoms with van der Waals surface area (Å²) in [5.41, 5.74) is 3.69. The molecule has 1 amide bonds. The highest BCUT2D eigenvalue weighted by atomic mass is 35.5. The largest absolute Gasteiger partial charge is 0.393 e. The van der Waals surface area contributed by atoms with Crippen molar-refractivity contribution in [2.75, 3.05) is 29.9 Å². The number of amides is 1. The van der Waals surface area contributed by atoms with Crippen molar-refractivity contribution in [1.29, 1.82) is 0 Å². The number of anilines is 2. The Morgan fingerprint density at radius 1 is 0.714 bits per heavy atom. The first kappa shape index (κ1) is 47.2. The predicted molar refractivity (Wildman–Crippen MR) is 238 cm³/mol. The smallest absolute Gasteiger partial charge is 0.226 e. The summed E-state index contributed by atoms with van der Waals surface area (Å²) >= 11 is 4.82. The molecule has 3 fully saturated rings.